The fraction of sp³-hybridized carbons (Fsp3) is 0.500. The van der Waals surface area contributed by atoms with Crippen LogP contribution in [-0.4, -0.2) is 48.6 Å². The number of anilines is 1. The average molecular weight is 395 g/mol. The Hall–Kier alpha value is -2.56. The van der Waals surface area contributed by atoms with Crippen LogP contribution in [0.3, 0.4) is 0 Å². The van der Waals surface area contributed by atoms with Crippen LogP contribution in [0, 0.1) is 5.41 Å². The van der Waals surface area contributed by atoms with Gasteiger partial charge < -0.3 is 14.5 Å². The quantitative estimate of drug-likeness (QED) is 0.637. The summed E-state index contributed by atoms with van der Waals surface area (Å²) in [4.78, 5) is 9.68. The van der Waals surface area contributed by atoms with Crippen LogP contribution >= 0.6 is 0 Å². The van der Waals surface area contributed by atoms with Crippen LogP contribution in [0.4, 0.5) is 11.4 Å². The van der Waals surface area contributed by atoms with Gasteiger partial charge in [-0.3, -0.25) is 5.41 Å². The summed E-state index contributed by atoms with van der Waals surface area (Å²) in [6, 6.07) is 8.91. The highest BCUT2D eigenvalue weighted by Gasteiger charge is 2.23. The minimum absolute atomic E-state index is 0.428. The Bertz CT molecular complexity index is 799. The molecule has 0 amide bonds. The smallest absolute Gasteiger partial charge is 0.146 e. The van der Waals surface area contributed by atoms with Gasteiger partial charge in [-0.2, -0.15) is 0 Å². The van der Waals surface area contributed by atoms with Gasteiger partial charge in [-0.1, -0.05) is 0 Å². The first kappa shape index (κ1) is 21.2. The second-order valence-electron chi connectivity index (χ2n) is 7.83. The Kier molecular flexibility index (Phi) is 7.13. The minimum Gasteiger partial charge on any atom is -0.492 e. The summed E-state index contributed by atoms with van der Waals surface area (Å²) >= 11 is 0. The molecule has 1 N–H and O–H groups in total. The molecule has 1 saturated heterocycles. The number of hydrogen-bond donors (Lipinski definition) is 1. The maximum Gasteiger partial charge on any atom is 0.146 e. The second kappa shape index (κ2) is 9.77. The zero-order valence-electron chi connectivity index (χ0n) is 18.2. The van der Waals surface area contributed by atoms with Crippen LogP contribution in [0.1, 0.15) is 47.0 Å². The highest BCUT2D eigenvalue weighted by molar-refractivity contribution is 6.22. The number of allylic oxidation sites excluding steroid dienone is 2. The maximum atomic E-state index is 8.35. The lowest BCUT2D eigenvalue weighted by atomic mass is 10.0. The summed E-state index contributed by atoms with van der Waals surface area (Å²) in [5.41, 5.74) is 4.49. The zero-order valence-corrected chi connectivity index (χ0v) is 18.2. The van der Waals surface area contributed by atoms with Crippen LogP contribution < -0.4 is 4.90 Å². The molecule has 0 spiro atoms. The number of nitrogens with zero attached hydrogens (tertiary/aromatic N) is 3. The molecule has 0 saturated carbocycles. The predicted octanol–water partition coefficient (Wildman–Crippen LogP) is 5.32. The first-order valence-electron chi connectivity index (χ1n) is 10.9. The molecule has 1 aliphatic heterocycles. The van der Waals surface area contributed by atoms with Gasteiger partial charge in [-0.05, 0) is 77.3 Å². The standard InChI is InChI=1S/C24H34N4O/c1-5-28(18(3)4)20-12-10-19(11-13-20)26-22-17-24(29-6-2)21(25)16-23(22)27-14-8-7-9-15-27/h10-13,16-18,25H,5-9,14-15H2,1-4H3/b25-21?,26-22+. The summed E-state index contributed by atoms with van der Waals surface area (Å²) < 4.78 is 5.68. The van der Waals surface area contributed by atoms with Crippen molar-refractivity contribution >= 4 is 22.8 Å². The molecule has 1 aliphatic carbocycles. The lowest BCUT2D eigenvalue weighted by molar-refractivity contribution is 0.249. The summed E-state index contributed by atoms with van der Waals surface area (Å²) in [7, 11) is 0. The van der Waals surface area contributed by atoms with Crippen molar-refractivity contribution < 1.29 is 4.74 Å². The molecule has 1 fully saturated rings. The molecular formula is C24H34N4O. The van der Waals surface area contributed by atoms with E-state index in [1.54, 1.807) is 0 Å². The third kappa shape index (κ3) is 5.08. The molecule has 2 aliphatic rings. The van der Waals surface area contributed by atoms with E-state index in [1.165, 1.54) is 24.9 Å². The van der Waals surface area contributed by atoms with E-state index >= 15 is 0 Å². The molecule has 3 rings (SSSR count). The fourth-order valence-corrected chi connectivity index (χ4v) is 4.01. The van der Waals surface area contributed by atoms with Crippen LogP contribution in [0.5, 0.6) is 0 Å². The molecule has 5 heteroatoms. The maximum absolute atomic E-state index is 8.35. The van der Waals surface area contributed by atoms with Crippen molar-refractivity contribution in [1.82, 2.24) is 4.90 Å². The second-order valence-corrected chi connectivity index (χ2v) is 7.83. The Morgan fingerprint density at radius 3 is 2.34 bits per heavy atom. The van der Waals surface area contributed by atoms with Crippen LogP contribution in [0.2, 0.25) is 0 Å². The molecular weight excluding hydrogens is 360 g/mol. The van der Waals surface area contributed by atoms with E-state index in [0.717, 1.165) is 36.7 Å². The fourth-order valence-electron chi connectivity index (χ4n) is 4.01. The van der Waals surface area contributed by atoms with Crippen molar-refractivity contribution in [3.8, 4) is 0 Å². The third-order valence-electron chi connectivity index (χ3n) is 5.47. The summed E-state index contributed by atoms with van der Waals surface area (Å²) in [6.45, 7) is 12.1. The number of benzene rings is 1. The molecule has 1 aromatic rings. The van der Waals surface area contributed by atoms with Gasteiger partial charge in [-0.15, -0.1) is 0 Å². The Balaban J connectivity index is 1.91. The van der Waals surface area contributed by atoms with Crippen molar-refractivity contribution in [1.29, 1.82) is 5.41 Å². The number of likely N-dealkylation sites (tertiary alicyclic amines) is 1. The number of aliphatic imine (C=N–C) groups is 1. The number of rotatable bonds is 7. The van der Waals surface area contributed by atoms with E-state index in [1.807, 2.05) is 19.1 Å². The van der Waals surface area contributed by atoms with Crippen LogP contribution in [0.25, 0.3) is 0 Å². The van der Waals surface area contributed by atoms with E-state index < -0.39 is 0 Å². The van der Waals surface area contributed by atoms with Crippen molar-refractivity contribution in [3.05, 3.63) is 47.9 Å². The Labute approximate surface area is 175 Å². The van der Waals surface area contributed by atoms with Crippen LogP contribution in [-0.2, 0) is 4.74 Å². The highest BCUT2D eigenvalue weighted by atomic mass is 16.5. The van der Waals surface area contributed by atoms with Crippen molar-refractivity contribution in [2.75, 3.05) is 31.1 Å². The Morgan fingerprint density at radius 2 is 1.76 bits per heavy atom. The number of ether oxygens (including phenoxy) is 1. The largest absolute Gasteiger partial charge is 0.492 e. The van der Waals surface area contributed by atoms with Crippen molar-refractivity contribution in [2.24, 2.45) is 4.99 Å². The average Bonchev–Trinajstić information content (AvgIpc) is 2.72. The lowest BCUT2D eigenvalue weighted by Gasteiger charge is -2.32. The summed E-state index contributed by atoms with van der Waals surface area (Å²) in [6.07, 6.45) is 7.50. The van der Waals surface area contributed by atoms with Gasteiger partial charge in [0.05, 0.1) is 29.4 Å². The molecule has 0 radical (unpaired) electrons. The van der Waals surface area contributed by atoms with E-state index in [0.29, 0.717) is 24.1 Å². The number of piperidine rings is 1. The summed E-state index contributed by atoms with van der Waals surface area (Å²) in [5.74, 6) is 0.598. The molecule has 156 valence electrons. The van der Waals surface area contributed by atoms with E-state index in [4.69, 9.17) is 15.1 Å². The zero-order chi connectivity index (χ0) is 20.8. The van der Waals surface area contributed by atoms with Crippen molar-refractivity contribution in [2.45, 2.75) is 53.0 Å². The Morgan fingerprint density at radius 1 is 1.07 bits per heavy atom. The lowest BCUT2D eigenvalue weighted by Crippen LogP contribution is -2.34. The van der Waals surface area contributed by atoms with E-state index in [9.17, 15) is 0 Å². The normalized spacial score (nSPS) is 18.7. The van der Waals surface area contributed by atoms with E-state index in [-0.39, 0.29) is 0 Å². The number of nitrogens with one attached hydrogen (secondary N) is 1. The third-order valence-corrected chi connectivity index (χ3v) is 5.47. The van der Waals surface area contributed by atoms with E-state index in [2.05, 4.69) is 54.8 Å². The predicted molar refractivity (Wildman–Crippen MR) is 123 cm³/mol. The van der Waals surface area contributed by atoms with Gasteiger partial charge in [0.15, 0.2) is 0 Å². The first-order chi connectivity index (χ1) is 14.0. The van der Waals surface area contributed by atoms with Crippen LogP contribution in [0.15, 0.2) is 52.9 Å². The van der Waals surface area contributed by atoms with Gasteiger partial charge >= 0.3 is 0 Å². The molecule has 0 unspecified atom stereocenters. The SMILES string of the molecule is CCOC1=C/C(=N\c2ccc(N(CC)C(C)C)cc2)C(N2CCCCC2)=CC1=N. The molecule has 0 bridgehead atoms. The molecule has 1 aromatic carbocycles. The molecule has 1 heterocycles. The van der Waals surface area contributed by atoms with Gasteiger partial charge in [0.2, 0.25) is 0 Å². The van der Waals surface area contributed by atoms with Gasteiger partial charge in [0, 0.05) is 37.4 Å². The van der Waals surface area contributed by atoms with Gasteiger partial charge in [-0.25, -0.2) is 4.99 Å². The molecule has 5 nitrogen and oxygen atoms in total. The highest BCUT2D eigenvalue weighted by Crippen LogP contribution is 2.26. The molecule has 0 aromatic heterocycles. The number of hydrogen-bond acceptors (Lipinski definition) is 5. The molecule has 0 atom stereocenters. The first-order valence-corrected chi connectivity index (χ1v) is 10.9. The van der Waals surface area contributed by atoms with Gasteiger partial charge in [0.25, 0.3) is 0 Å². The van der Waals surface area contributed by atoms with Gasteiger partial charge in [0.1, 0.15) is 5.76 Å². The topological polar surface area (TPSA) is 51.9 Å². The minimum atomic E-state index is 0.428. The summed E-state index contributed by atoms with van der Waals surface area (Å²) in [5, 5.41) is 8.35. The van der Waals surface area contributed by atoms with Crippen molar-refractivity contribution in [3.63, 3.8) is 0 Å². The monoisotopic (exact) mass is 394 g/mol. The molecule has 29 heavy (non-hydrogen) atoms.